The zero-order valence-corrected chi connectivity index (χ0v) is 14.4. The lowest BCUT2D eigenvalue weighted by Gasteiger charge is -2.15. The minimum Gasteiger partial charge on any atom is -0.338 e. The van der Waals surface area contributed by atoms with Crippen LogP contribution >= 0.6 is 11.8 Å². The molecule has 3 amide bonds. The number of carbonyl (C=O) groups is 2. The molecule has 3 rings (SSSR count). The Morgan fingerprint density at radius 3 is 2.64 bits per heavy atom. The highest BCUT2D eigenvalue weighted by Gasteiger charge is 2.25. The number of benzene rings is 1. The van der Waals surface area contributed by atoms with Gasteiger partial charge in [0.25, 0.3) is 0 Å². The predicted octanol–water partition coefficient (Wildman–Crippen LogP) is 2.41. The quantitative estimate of drug-likeness (QED) is 0.686. The molecule has 0 fully saturated rings. The Morgan fingerprint density at radius 1 is 1.12 bits per heavy atom. The summed E-state index contributed by atoms with van der Waals surface area (Å²) in [7, 11) is 0. The first-order chi connectivity index (χ1) is 12.2. The van der Waals surface area contributed by atoms with Crippen LogP contribution in [0.3, 0.4) is 0 Å². The number of hydrogen-bond donors (Lipinski definition) is 2. The molecule has 1 unspecified atom stereocenters. The number of hydrogen-bond acceptors (Lipinski definition) is 5. The van der Waals surface area contributed by atoms with Gasteiger partial charge < -0.3 is 5.32 Å². The summed E-state index contributed by atoms with van der Waals surface area (Å²) in [6.07, 6.45) is 1.83. The maximum absolute atomic E-state index is 12.6. The van der Waals surface area contributed by atoms with Crippen LogP contribution in [-0.4, -0.2) is 33.1 Å². The van der Waals surface area contributed by atoms with Crippen molar-refractivity contribution in [3.05, 3.63) is 60.3 Å². The molecule has 0 aliphatic heterocycles. The van der Waals surface area contributed by atoms with Crippen molar-refractivity contribution in [2.24, 2.45) is 0 Å². The summed E-state index contributed by atoms with van der Waals surface area (Å²) in [5, 5.41) is 13.1. The summed E-state index contributed by atoms with van der Waals surface area (Å²) in [6, 6.07) is 14.3. The van der Waals surface area contributed by atoms with E-state index in [1.54, 1.807) is 11.3 Å². The average molecular weight is 355 g/mol. The highest BCUT2D eigenvalue weighted by atomic mass is 32.2. The van der Waals surface area contributed by atoms with E-state index in [1.165, 1.54) is 11.8 Å². The van der Waals surface area contributed by atoms with Crippen molar-refractivity contribution in [1.82, 2.24) is 25.2 Å². The van der Waals surface area contributed by atoms with E-state index in [9.17, 15) is 9.59 Å². The summed E-state index contributed by atoms with van der Waals surface area (Å²) < 4.78 is 1.81. The largest absolute Gasteiger partial charge is 0.338 e. The summed E-state index contributed by atoms with van der Waals surface area (Å²) in [5.41, 5.74) is 1.47. The van der Waals surface area contributed by atoms with Gasteiger partial charge in [0.1, 0.15) is 5.25 Å². The molecule has 128 valence electrons. The minimum absolute atomic E-state index is 0.408. The van der Waals surface area contributed by atoms with Crippen molar-refractivity contribution in [2.75, 3.05) is 6.54 Å². The van der Waals surface area contributed by atoms with Gasteiger partial charge in [0.05, 0.1) is 0 Å². The second kappa shape index (κ2) is 7.80. The van der Waals surface area contributed by atoms with Crippen LogP contribution in [0.1, 0.15) is 17.7 Å². The molecule has 0 radical (unpaired) electrons. The molecule has 2 aromatic heterocycles. The van der Waals surface area contributed by atoms with Crippen molar-refractivity contribution < 1.29 is 9.59 Å². The minimum atomic E-state index is -0.628. The molecule has 7 nitrogen and oxygen atoms in total. The molecule has 2 heterocycles. The number of aromatic nitrogens is 3. The summed E-state index contributed by atoms with van der Waals surface area (Å²) in [5.74, 6) is -0.408. The van der Waals surface area contributed by atoms with Gasteiger partial charge >= 0.3 is 6.03 Å². The number of pyridine rings is 1. The fraction of sp³-hybridized carbons (Fsp3) is 0.176. The number of urea groups is 1. The lowest BCUT2D eigenvalue weighted by molar-refractivity contribution is -0.119. The molecule has 0 bridgehead atoms. The number of amides is 3. The smallest absolute Gasteiger partial charge is 0.321 e. The van der Waals surface area contributed by atoms with Gasteiger partial charge in [-0.1, -0.05) is 48.2 Å². The van der Waals surface area contributed by atoms with Crippen molar-refractivity contribution in [3.63, 3.8) is 0 Å². The Morgan fingerprint density at radius 2 is 1.88 bits per heavy atom. The Kier molecular flexibility index (Phi) is 5.30. The summed E-state index contributed by atoms with van der Waals surface area (Å²) >= 11 is 1.24. The number of carbonyl (C=O) groups excluding carboxylic acids is 2. The number of nitrogens with one attached hydrogen (secondary N) is 2. The topological polar surface area (TPSA) is 88.4 Å². The first kappa shape index (κ1) is 17.0. The summed E-state index contributed by atoms with van der Waals surface area (Å²) in [6.45, 7) is 2.23. The van der Waals surface area contributed by atoms with Gasteiger partial charge in [0.15, 0.2) is 10.8 Å². The molecule has 0 saturated heterocycles. The van der Waals surface area contributed by atoms with Crippen LogP contribution < -0.4 is 10.6 Å². The molecule has 0 saturated carbocycles. The van der Waals surface area contributed by atoms with Gasteiger partial charge in [0, 0.05) is 12.7 Å². The molecule has 0 spiro atoms. The zero-order valence-electron chi connectivity index (χ0n) is 13.5. The Bertz CT molecular complexity index is 881. The lowest BCUT2D eigenvalue weighted by atomic mass is 10.1. The Hall–Kier alpha value is -2.87. The van der Waals surface area contributed by atoms with Crippen LogP contribution in [0.15, 0.2) is 59.9 Å². The number of fused-ring (bicyclic) bond motifs is 1. The van der Waals surface area contributed by atoms with Gasteiger partial charge in [-0.25, -0.2) is 4.79 Å². The van der Waals surface area contributed by atoms with Gasteiger partial charge in [-0.15, -0.1) is 10.2 Å². The van der Waals surface area contributed by atoms with E-state index in [0.717, 1.165) is 5.56 Å². The SMILES string of the molecule is CCNC(=O)NC(=O)C(Sc1nnc2ccccn12)c1ccccc1. The maximum Gasteiger partial charge on any atom is 0.321 e. The van der Waals surface area contributed by atoms with E-state index >= 15 is 0 Å². The molecule has 1 atom stereocenters. The van der Waals surface area contributed by atoms with Crippen LogP contribution in [0, 0.1) is 0 Å². The van der Waals surface area contributed by atoms with Crippen LogP contribution in [0.25, 0.3) is 5.65 Å². The first-order valence-corrected chi connectivity index (χ1v) is 8.67. The average Bonchev–Trinajstić information content (AvgIpc) is 3.03. The molecule has 0 aliphatic carbocycles. The molecule has 25 heavy (non-hydrogen) atoms. The van der Waals surface area contributed by atoms with Gasteiger partial charge in [-0.05, 0) is 24.6 Å². The summed E-state index contributed by atoms with van der Waals surface area (Å²) in [4.78, 5) is 24.4. The van der Waals surface area contributed by atoms with Gasteiger partial charge in [0.2, 0.25) is 5.91 Å². The standard InChI is InChI=1S/C17H17N5O2S/c1-2-18-16(24)19-15(23)14(12-8-4-3-5-9-12)25-17-21-20-13-10-6-7-11-22(13)17/h3-11,14H,2H2,1H3,(H2,18,19,23,24). The zero-order chi connectivity index (χ0) is 17.6. The molecule has 2 N–H and O–H groups in total. The van der Waals surface area contributed by atoms with Crippen molar-refractivity contribution >= 4 is 29.3 Å². The fourth-order valence-corrected chi connectivity index (χ4v) is 3.31. The van der Waals surface area contributed by atoms with E-state index in [1.807, 2.05) is 54.7 Å². The van der Waals surface area contributed by atoms with E-state index in [-0.39, 0.29) is 0 Å². The monoisotopic (exact) mass is 355 g/mol. The molecule has 8 heteroatoms. The highest BCUT2D eigenvalue weighted by molar-refractivity contribution is 8.00. The maximum atomic E-state index is 12.6. The molecular weight excluding hydrogens is 338 g/mol. The second-order valence-corrected chi connectivity index (χ2v) is 6.24. The number of imide groups is 1. The highest BCUT2D eigenvalue weighted by Crippen LogP contribution is 2.34. The van der Waals surface area contributed by atoms with E-state index < -0.39 is 17.2 Å². The van der Waals surface area contributed by atoms with E-state index in [0.29, 0.717) is 17.3 Å². The Labute approximate surface area is 148 Å². The van der Waals surface area contributed by atoms with Crippen LogP contribution in [0.4, 0.5) is 4.79 Å². The molecular formula is C17H17N5O2S. The number of nitrogens with zero attached hydrogens (tertiary/aromatic N) is 3. The van der Waals surface area contributed by atoms with Gasteiger partial charge in [-0.3, -0.25) is 14.5 Å². The van der Waals surface area contributed by atoms with Crippen LogP contribution in [-0.2, 0) is 4.79 Å². The first-order valence-electron chi connectivity index (χ1n) is 7.79. The second-order valence-electron chi connectivity index (χ2n) is 5.17. The molecule has 0 aliphatic rings. The van der Waals surface area contributed by atoms with Crippen molar-refractivity contribution in [3.8, 4) is 0 Å². The fourth-order valence-electron chi connectivity index (χ4n) is 2.29. The Balaban J connectivity index is 1.89. The lowest BCUT2D eigenvalue weighted by Crippen LogP contribution is -2.41. The predicted molar refractivity (Wildman–Crippen MR) is 95.2 cm³/mol. The van der Waals surface area contributed by atoms with Crippen molar-refractivity contribution in [1.29, 1.82) is 0 Å². The number of rotatable bonds is 5. The third-order valence-corrected chi connectivity index (χ3v) is 4.63. The van der Waals surface area contributed by atoms with E-state index in [2.05, 4.69) is 20.8 Å². The normalized spacial score (nSPS) is 11.9. The van der Waals surface area contributed by atoms with Crippen LogP contribution in [0.5, 0.6) is 0 Å². The third-order valence-electron chi connectivity index (χ3n) is 3.42. The van der Waals surface area contributed by atoms with E-state index in [4.69, 9.17) is 0 Å². The number of thioether (sulfide) groups is 1. The van der Waals surface area contributed by atoms with Crippen LogP contribution in [0.2, 0.25) is 0 Å². The molecule has 1 aromatic carbocycles. The van der Waals surface area contributed by atoms with Crippen molar-refractivity contribution in [2.45, 2.75) is 17.3 Å². The third kappa shape index (κ3) is 3.97. The molecule has 3 aromatic rings. The van der Waals surface area contributed by atoms with Gasteiger partial charge in [-0.2, -0.15) is 0 Å².